The van der Waals surface area contributed by atoms with Crippen LogP contribution < -0.4 is 4.74 Å². The van der Waals surface area contributed by atoms with Crippen molar-refractivity contribution in [2.45, 2.75) is 5.41 Å². The Balaban J connectivity index is 1.38. The number of benzene rings is 4. The van der Waals surface area contributed by atoms with Crippen molar-refractivity contribution in [1.29, 1.82) is 0 Å². The van der Waals surface area contributed by atoms with Crippen molar-refractivity contribution in [3.63, 3.8) is 0 Å². The lowest BCUT2D eigenvalue weighted by molar-refractivity contribution is 0.436. The second-order valence-corrected chi connectivity index (χ2v) is 10.2. The zero-order valence-electron chi connectivity index (χ0n) is 20.9. The van der Waals surface area contributed by atoms with Gasteiger partial charge in [0.05, 0.1) is 27.8 Å². The first-order chi connectivity index (χ1) is 19.4. The molecular weight excluding hydrogens is 478 g/mol. The van der Waals surface area contributed by atoms with Crippen LogP contribution in [0.4, 0.5) is 0 Å². The Morgan fingerprint density at radius 3 is 1.77 bits per heavy atom. The fourth-order valence-corrected chi connectivity index (χ4v) is 6.89. The molecule has 4 heterocycles. The predicted octanol–water partition coefficient (Wildman–Crippen LogP) is 8.04. The first kappa shape index (κ1) is 20.8. The number of pyridine rings is 2. The van der Waals surface area contributed by atoms with Gasteiger partial charge >= 0.3 is 0 Å². The highest BCUT2D eigenvalue weighted by atomic mass is 16.5. The summed E-state index contributed by atoms with van der Waals surface area (Å²) in [6, 6.07) is 40.6. The number of fused-ring (bicyclic) bond motifs is 12. The molecule has 0 radical (unpaired) electrons. The van der Waals surface area contributed by atoms with E-state index in [1.165, 1.54) is 21.8 Å². The molecule has 0 atom stereocenters. The van der Waals surface area contributed by atoms with Crippen LogP contribution in [0.5, 0.6) is 11.5 Å². The molecule has 1 aliphatic carbocycles. The van der Waals surface area contributed by atoms with Gasteiger partial charge in [0.25, 0.3) is 0 Å². The van der Waals surface area contributed by atoms with Gasteiger partial charge in [-0.25, -0.2) is 0 Å². The molecule has 0 amide bonds. The average Bonchev–Trinajstić information content (AvgIpc) is 3.49. The van der Waals surface area contributed by atoms with Crippen molar-refractivity contribution in [3.8, 4) is 28.6 Å². The number of hydrogen-bond acceptors (Lipinski definition) is 3. The molecule has 4 aromatic carbocycles. The summed E-state index contributed by atoms with van der Waals surface area (Å²) in [5.74, 6) is 1.70. The number of hydrogen-bond donors (Lipinski definition) is 0. The van der Waals surface area contributed by atoms with E-state index in [0.29, 0.717) is 0 Å². The lowest BCUT2D eigenvalue weighted by Crippen LogP contribution is -2.32. The van der Waals surface area contributed by atoms with Gasteiger partial charge in [0, 0.05) is 46.0 Å². The SMILES string of the molecule is c1ccc2c(c1)Oc1cc(-n3c4ccccc4c4ccccc43)ccc1C21c2cccnc2-c2ncccc21. The van der Waals surface area contributed by atoms with Crippen molar-refractivity contribution >= 4 is 21.8 Å². The van der Waals surface area contributed by atoms with Crippen LogP contribution in [0, 0.1) is 0 Å². The standard InChI is InChI=1S/C35H21N3O/c1-4-14-29-23(9-1)24-10-2-5-15-30(24)38(29)22-17-18-26-32(21-22)39-31-16-6-3-11-25(31)35(26)27-12-7-19-36-33(27)34-28(35)13-8-20-37-34/h1-21H. The molecule has 0 fully saturated rings. The minimum absolute atomic E-state index is 0.559. The molecule has 0 saturated carbocycles. The molecule has 39 heavy (non-hydrogen) atoms. The van der Waals surface area contributed by atoms with Gasteiger partial charge in [-0.05, 0) is 47.5 Å². The third-order valence-corrected chi connectivity index (χ3v) is 8.37. The van der Waals surface area contributed by atoms with Gasteiger partial charge in [-0.3, -0.25) is 9.97 Å². The molecule has 0 bridgehead atoms. The zero-order valence-corrected chi connectivity index (χ0v) is 20.9. The van der Waals surface area contributed by atoms with E-state index in [2.05, 4.69) is 102 Å². The van der Waals surface area contributed by atoms with Crippen molar-refractivity contribution in [2.75, 3.05) is 0 Å². The second kappa shape index (κ2) is 7.42. The zero-order chi connectivity index (χ0) is 25.6. The maximum Gasteiger partial charge on any atom is 0.134 e. The topological polar surface area (TPSA) is 39.9 Å². The summed E-state index contributed by atoms with van der Waals surface area (Å²) in [4.78, 5) is 9.63. The van der Waals surface area contributed by atoms with Crippen molar-refractivity contribution < 1.29 is 4.74 Å². The number of rotatable bonds is 1. The van der Waals surface area contributed by atoms with E-state index in [9.17, 15) is 0 Å². The average molecular weight is 500 g/mol. The maximum atomic E-state index is 6.70. The fraction of sp³-hybridized carbons (Fsp3) is 0.0286. The molecule has 7 aromatic rings. The highest BCUT2D eigenvalue weighted by Crippen LogP contribution is 2.61. The van der Waals surface area contributed by atoms with Gasteiger partial charge in [-0.2, -0.15) is 0 Å². The largest absolute Gasteiger partial charge is 0.457 e. The molecule has 2 aliphatic rings. The number of ether oxygens (including phenoxy) is 1. The number of para-hydroxylation sites is 3. The van der Waals surface area contributed by atoms with Crippen LogP contribution in [0.25, 0.3) is 38.9 Å². The van der Waals surface area contributed by atoms with Crippen LogP contribution in [-0.2, 0) is 5.41 Å². The van der Waals surface area contributed by atoms with Gasteiger partial charge in [-0.15, -0.1) is 0 Å². The van der Waals surface area contributed by atoms with E-state index in [4.69, 9.17) is 14.7 Å². The summed E-state index contributed by atoms with van der Waals surface area (Å²) in [5.41, 5.74) is 9.22. The van der Waals surface area contributed by atoms with Crippen molar-refractivity contribution in [1.82, 2.24) is 14.5 Å². The first-order valence-electron chi connectivity index (χ1n) is 13.2. The Labute approximate surface area is 224 Å². The summed E-state index contributed by atoms with van der Waals surface area (Å²) < 4.78 is 9.04. The van der Waals surface area contributed by atoms with E-state index in [0.717, 1.165) is 50.8 Å². The van der Waals surface area contributed by atoms with E-state index in [-0.39, 0.29) is 0 Å². The Morgan fingerprint density at radius 2 is 1.08 bits per heavy atom. The Morgan fingerprint density at radius 1 is 0.513 bits per heavy atom. The van der Waals surface area contributed by atoms with Crippen LogP contribution in [0.3, 0.4) is 0 Å². The normalized spacial score (nSPS) is 14.1. The third-order valence-electron chi connectivity index (χ3n) is 8.37. The van der Waals surface area contributed by atoms with Gasteiger partial charge in [0.1, 0.15) is 11.5 Å². The molecule has 1 aliphatic heterocycles. The Bertz CT molecular complexity index is 2020. The van der Waals surface area contributed by atoms with Crippen molar-refractivity contribution in [2.24, 2.45) is 0 Å². The molecule has 0 N–H and O–H groups in total. The van der Waals surface area contributed by atoms with E-state index < -0.39 is 5.41 Å². The van der Waals surface area contributed by atoms with E-state index >= 15 is 0 Å². The van der Waals surface area contributed by atoms with Crippen LogP contribution in [0.2, 0.25) is 0 Å². The quantitative estimate of drug-likeness (QED) is 0.229. The van der Waals surface area contributed by atoms with E-state index in [1.807, 2.05) is 30.6 Å². The summed E-state index contributed by atoms with van der Waals surface area (Å²) >= 11 is 0. The molecular formula is C35H21N3O. The lowest BCUT2D eigenvalue weighted by Gasteiger charge is -2.39. The molecule has 4 nitrogen and oxygen atoms in total. The maximum absolute atomic E-state index is 6.70. The Hall–Kier alpha value is -5.22. The summed E-state index contributed by atoms with van der Waals surface area (Å²) in [6.45, 7) is 0. The molecule has 4 heteroatoms. The first-order valence-corrected chi connectivity index (χ1v) is 13.2. The van der Waals surface area contributed by atoms with Gasteiger partial charge in [0.2, 0.25) is 0 Å². The predicted molar refractivity (Wildman–Crippen MR) is 154 cm³/mol. The molecule has 1 spiro atoms. The number of aromatic nitrogens is 3. The summed E-state index contributed by atoms with van der Waals surface area (Å²) in [5, 5.41) is 2.48. The lowest BCUT2D eigenvalue weighted by atomic mass is 9.66. The van der Waals surface area contributed by atoms with Crippen LogP contribution in [0.15, 0.2) is 128 Å². The van der Waals surface area contributed by atoms with Crippen LogP contribution >= 0.6 is 0 Å². The minimum atomic E-state index is -0.559. The molecule has 3 aromatic heterocycles. The van der Waals surface area contributed by atoms with Gasteiger partial charge in [-0.1, -0.05) is 72.8 Å². The summed E-state index contributed by atoms with van der Waals surface area (Å²) in [7, 11) is 0. The fourth-order valence-electron chi connectivity index (χ4n) is 6.89. The smallest absolute Gasteiger partial charge is 0.134 e. The molecule has 0 saturated heterocycles. The highest BCUT2D eigenvalue weighted by molar-refractivity contribution is 6.09. The molecule has 182 valence electrons. The van der Waals surface area contributed by atoms with Crippen LogP contribution in [-0.4, -0.2) is 14.5 Å². The van der Waals surface area contributed by atoms with Gasteiger partial charge in [0.15, 0.2) is 0 Å². The third kappa shape index (κ3) is 2.53. The second-order valence-electron chi connectivity index (χ2n) is 10.2. The number of nitrogens with zero attached hydrogens (tertiary/aromatic N) is 3. The van der Waals surface area contributed by atoms with E-state index in [1.54, 1.807) is 0 Å². The highest BCUT2D eigenvalue weighted by Gasteiger charge is 2.52. The minimum Gasteiger partial charge on any atom is -0.457 e. The summed E-state index contributed by atoms with van der Waals surface area (Å²) in [6.07, 6.45) is 3.71. The molecule has 9 rings (SSSR count). The molecule has 0 unspecified atom stereocenters. The van der Waals surface area contributed by atoms with Gasteiger partial charge < -0.3 is 9.30 Å². The van der Waals surface area contributed by atoms with Crippen LogP contribution in [0.1, 0.15) is 22.3 Å². The monoisotopic (exact) mass is 499 g/mol. The van der Waals surface area contributed by atoms with Crippen molar-refractivity contribution in [3.05, 3.63) is 150 Å². The Kier molecular flexibility index (Phi) is 3.96.